The minimum absolute atomic E-state index is 0.182. The van der Waals surface area contributed by atoms with Crippen molar-refractivity contribution in [2.24, 2.45) is 5.92 Å². The summed E-state index contributed by atoms with van der Waals surface area (Å²) in [5, 5.41) is 0. The number of carbonyl (C=O) groups is 2. The Kier molecular flexibility index (Phi) is 4.83. The molecular weight excluding hydrogens is 333 g/mol. The van der Waals surface area contributed by atoms with Crippen molar-refractivity contribution in [3.05, 3.63) is 41.5 Å². The fourth-order valence-electron chi connectivity index (χ4n) is 2.79. The monoisotopic (exact) mass is 352 g/mol. The van der Waals surface area contributed by atoms with Gasteiger partial charge in [0.1, 0.15) is 0 Å². The summed E-state index contributed by atoms with van der Waals surface area (Å²) in [6.07, 6.45) is 0.433. The van der Waals surface area contributed by atoms with Gasteiger partial charge in [0.25, 0.3) is 0 Å². The Hall–Kier alpha value is -2.31. The zero-order chi connectivity index (χ0) is 18.0. The van der Waals surface area contributed by atoms with Gasteiger partial charge in [0.05, 0.1) is 5.56 Å². The Labute approximate surface area is 143 Å². The highest BCUT2D eigenvalue weighted by Gasteiger charge is 2.35. The number of halogens is 3. The lowest BCUT2D eigenvalue weighted by atomic mass is 10.1. The fourth-order valence-corrected chi connectivity index (χ4v) is 2.79. The van der Waals surface area contributed by atoms with Gasteiger partial charge in [-0.15, -0.1) is 0 Å². The number of carbonyl (C=O) groups excluding carboxylic acids is 2. The minimum Gasteiger partial charge on any atom is -0.339 e. The molecule has 1 heterocycles. The van der Waals surface area contributed by atoms with Crippen molar-refractivity contribution in [3.8, 4) is 0 Å². The summed E-state index contributed by atoms with van der Waals surface area (Å²) in [5.41, 5.74) is -0.184. The van der Waals surface area contributed by atoms with Crippen LogP contribution in [0.5, 0.6) is 0 Å². The lowest BCUT2D eigenvalue weighted by Gasteiger charge is -2.34. The zero-order valence-corrected chi connectivity index (χ0v) is 13.6. The minimum atomic E-state index is -4.37. The van der Waals surface area contributed by atoms with Crippen LogP contribution in [0.3, 0.4) is 0 Å². The molecule has 0 N–H and O–H groups in total. The van der Waals surface area contributed by atoms with Crippen LogP contribution in [0.15, 0.2) is 30.3 Å². The second kappa shape index (κ2) is 6.90. The molecule has 1 aliphatic carbocycles. The molecule has 1 aliphatic heterocycles. The van der Waals surface area contributed by atoms with Gasteiger partial charge in [-0.1, -0.05) is 12.1 Å². The van der Waals surface area contributed by atoms with Crippen molar-refractivity contribution in [3.63, 3.8) is 0 Å². The van der Waals surface area contributed by atoms with Crippen molar-refractivity contribution in [2.45, 2.75) is 19.0 Å². The van der Waals surface area contributed by atoms with E-state index in [9.17, 15) is 22.8 Å². The largest absolute Gasteiger partial charge is 0.416 e. The van der Waals surface area contributed by atoms with Crippen LogP contribution in [0.1, 0.15) is 24.0 Å². The molecule has 0 unspecified atom stereocenters. The van der Waals surface area contributed by atoms with Gasteiger partial charge in [0, 0.05) is 38.2 Å². The molecule has 25 heavy (non-hydrogen) atoms. The molecule has 2 fully saturated rings. The van der Waals surface area contributed by atoms with Crippen LogP contribution in [-0.4, -0.2) is 47.8 Å². The van der Waals surface area contributed by atoms with Gasteiger partial charge in [-0.25, -0.2) is 0 Å². The average Bonchev–Trinajstić information content (AvgIpc) is 3.44. The van der Waals surface area contributed by atoms with E-state index >= 15 is 0 Å². The summed E-state index contributed by atoms with van der Waals surface area (Å²) in [7, 11) is 0. The zero-order valence-electron chi connectivity index (χ0n) is 13.6. The first-order chi connectivity index (χ1) is 11.8. The second-order valence-electron chi connectivity index (χ2n) is 6.38. The third kappa shape index (κ3) is 4.41. The SMILES string of the molecule is O=C(C=Cc1ccc(C(F)(F)F)cc1)N1CCN(C(=O)C2CC2)CC1. The molecule has 0 aromatic heterocycles. The maximum atomic E-state index is 12.5. The normalized spacial score (nSPS) is 18.7. The van der Waals surface area contributed by atoms with E-state index in [0.29, 0.717) is 31.7 Å². The van der Waals surface area contributed by atoms with Crippen LogP contribution in [0.4, 0.5) is 13.2 Å². The summed E-state index contributed by atoms with van der Waals surface area (Å²) in [5.74, 6) is 0.174. The molecule has 2 amide bonds. The van der Waals surface area contributed by atoms with E-state index in [0.717, 1.165) is 25.0 Å². The topological polar surface area (TPSA) is 40.6 Å². The third-order valence-electron chi connectivity index (χ3n) is 4.49. The van der Waals surface area contributed by atoms with Crippen LogP contribution in [0.25, 0.3) is 6.08 Å². The predicted octanol–water partition coefficient (Wildman–Crippen LogP) is 2.80. The van der Waals surface area contributed by atoms with Crippen LogP contribution >= 0.6 is 0 Å². The highest BCUT2D eigenvalue weighted by Crippen LogP contribution is 2.31. The Bertz CT molecular complexity index is 671. The molecule has 1 aromatic carbocycles. The summed E-state index contributed by atoms with van der Waals surface area (Å²) in [6.45, 7) is 2.04. The van der Waals surface area contributed by atoms with E-state index in [1.165, 1.54) is 24.3 Å². The Balaban J connectivity index is 1.52. The maximum absolute atomic E-state index is 12.5. The Morgan fingerprint density at radius 1 is 0.960 bits per heavy atom. The molecule has 7 heteroatoms. The van der Waals surface area contributed by atoms with E-state index in [1.807, 2.05) is 0 Å². The van der Waals surface area contributed by atoms with E-state index in [2.05, 4.69) is 0 Å². The number of nitrogens with zero attached hydrogens (tertiary/aromatic N) is 2. The molecule has 1 saturated carbocycles. The molecule has 0 atom stereocenters. The molecule has 1 aromatic rings. The molecule has 2 aliphatic rings. The summed E-state index contributed by atoms with van der Waals surface area (Å²) < 4.78 is 37.5. The van der Waals surface area contributed by atoms with E-state index in [-0.39, 0.29) is 17.7 Å². The summed E-state index contributed by atoms with van der Waals surface area (Å²) >= 11 is 0. The van der Waals surface area contributed by atoms with Crippen molar-refractivity contribution in [1.82, 2.24) is 9.80 Å². The standard InChI is InChI=1S/C18H19F3N2O2/c19-18(20,21)15-6-1-13(2-7-15)3-8-16(24)22-9-11-23(12-10-22)17(25)14-4-5-14/h1-3,6-8,14H,4-5,9-12H2. The first kappa shape index (κ1) is 17.5. The molecule has 134 valence electrons. The van der Waals surface area contributed by atoms with Gasteiger partial charge in [-0.2, -0.15) is 13.2 Å². The smallest absolute Gasteiger partial charge is 0.339 e. The Morgan fingerprint density at radius 3 is 2.04 bits per heavy atom. The quantitative estimate of drug-likeness (QED) is 0.785. The average molecular weight is 352 g/mol. The van der Waals surface area contributed by atoms with Gasteiger partial charge in [-0.3, -0.25) is 9.59 Å². The molecule has 3 rings (SSSR count). The number of piperazine rings is 1. The molecule has 1 saturated heterocycles. The summed E-state index contributed by atoms with van der Waals surface area (Å²) in [4.78, 5) is 27.6. The summed E-state index contributed by atoms with van der Waals surface area (Å²) in [6, 6.07) is 4.65. The Morgan fingerprint density at radius 2 is 1.52 bits per heavy atom. The second-order valence-corrected chi connectivity index (χ2v) is 6.38. The maximum Gasteiger partial charge on any atom is 0.416 e. The van der Waals surface area contributed by atoms with Gasteiger partial charge >= 0.3 is 6.18 Å². The van der Waals surface area contributed by atoms with Crippen molar-refractivity contribution < 1.29 is 22.8 Å². The first-order valence-electron chi connectivity index (χ1n) is 8.27. The van der Waals surface area contributed by atoms with Crippen LogP contribution in [-0.2, 0) is 15.8 Å². The van der Waals surface area contributed by atoms with Crippen LogP contribution in [0, 0.1) is 5.92 Å². The van der Waals surface area contributed by atoms with Gasteiger partial charge < -0.3 is 9.80 Å². The van der Waals surface area contributed by atoms with Crippen molar-refractivity contribution in [1.29, 1.82) is 0 Å². The highest BCUT2D eigenvalue weighted by atomic mass is 19.4. The molecule has 0 bridgehead atoms. The van der Waals surface area contributed by atoms with Crippen molar-refractivity contribution >= 4 is 17.9 Å². The van der Waals surface area contributed by atoms with Crippen LogP contribution < -0.4 is 0 Å². The molecular formula is C18H19F3N2O2. The lowest BCUT2D eigenvalue weighted by Crippen LogP contribution is -2.50. The van der Waals surface area contributed by atoms with Crippen molar-refractivity contribution in [2.75, 3.05) is 26.2 Å². The lowest BCUT2D eigenvalue weighted by molar-refractivity contribution is -0.138. The highest BCUT2D eigenvalue weighted by molar-refractivity contribution is 5.92. The molecule has 0 spiro atoms. The number of hydrogen-bond acceptors (Lipinski definition) is 2. The molecule has 0 radical (unpaired) electrons. The van der Waals surface area contributed by atoms with Crippen LogP contribution in [0.2, 0.25) is 0 Å². The van der Waals surface area contributed by atoms with Gasteiger partial charge in [-0.05, 0) is 36.6 Å². The predicted molar refractivity (Wildman–Crippen MR) is 86.4 cm³/mol. The number of benzene rings is 1. The third-order valence-corrected chi connectivity index (χ3v) is 4.49. The number of hydrogen-bond donors (Lipinski definition) is 0. The number of alkyl halides is 3. The van der Waals surface area contributed by atoms with E-state index in [4.69, 9.17) is 0 Å². The number of amides is 2. The fraction of sp³-hybridized carbons (Fsp3) is 0.444. The van der Waals surface area contributed by atoms with E-state index < -0.39 is 11.7 Å². The first-order valence-corrected chi connectivity index (χ1v) is 8.27. The molecule has 4 nitrogen and oxygen atoms in total. The van der Waals surface area contributed by atoms with E-state index in [1.54, 1.807) is 9.80 Å². The van der Waals surface area contributed by atoms with Gasteiger partial charge in [0.2, 0.25) is 11.8 Å². The van der Waals surface area contributed by atoms with Gasteiger partial charge in [0.15, 0.2) is 0 Å². The number of rotatable bonds is 3.